The monoisotopic (exact) mass is 1280 g/mol. The molecule has 2 aliphatic heterocycles. The van der Waals surface area contributed by atoms with Crippen molar-refractivity contribution in [1.29, 1.82) is 0 Å². The zero-order valence-corrected chi connectivity index (χ0v) is 53.5. The summed E-state index contributed by atoms with van der Waals surface area (Å²) < 4.78 is 82.8. The molecular weight excluding hydrogens is 1190 g/mol. The van der Waals surface area contributed by atoms with Crippen molar-refractivity contribution in [1.82, 2.24) is 0 Å². The summed E-state index contributed by atoms with van der Waals surface area (Å²) in [5, 5.41) is 0. The third-order valence-electron chi connectivity index (χ3n) is 18.2. The highest BCUT2D eigenvalue weighted by Crippen LogP contribution is 2.41. The highest BCUT2D eigenvalue weighted by atomic mass is 16.8. The zero-order chi connectivity index (χ0) is 64.9. The fraction of sp³-hybridized carbons (Fsp3) is 0.410. The second kappa shape index (κ2) is 34.5. The van der Waals surface area contributed by atoms with Gasteiger partial charge in [-0.1, -0.05) is 228 Å². The Hall–Kier alpha value is -7.90. The normalized spacial score (nSPS) is 25.9. The quantitative estimate of drug-likeness (QED) is 0.0334. The minimum atomic E-state index is -1.58. The lowest BCUT2D eigenvalue weighted by molar-refractivity contribution is -0.356. The molecule has 11 rings (SSSR count). The average molecular weight is 1280 g/mol. The first-order chi connectivity index (χ1) is 46.1. The molecule has 2 saturated heterocycles. The molecule has 0 spiro atoms. The van der Waals surface area contributed by atoms with E-state index in [4.69, 9.17) is 56.8 Å². The van der Waals surface area contributed by atoms with Gasteiger partial charge in [0.15, 0.2) is 30.9 Å². The van der Waals surface area contributed by atoms with Gasteiger partial charge in [-0.15, -0.1) is 0 Å². The third kappa shape index (κ3) is 18.5. The van der Waals surface area contributed by atoms with E-state index in [1.807, 2.05) is 128 Å². The van der Waals surface area contributed by atoms with E-state index in [9.17, 15) is 14.4 Å². The summed E-state index contributed by atoms with van der Waals surface area (Å²) in [6.45, 7) is 4.24. The Morgan fingerprint density at radius 3 is 1.40 bits per heavy atom. The zero-order valence-electron chi connectivity index (χ0n) is 53.5. The summed E-state index contributed by atoms with van der Waals surface area (Å²) in [4.78, 5) is 58.7. The molecule has 16 nitrogen and oxygen atoms in total. The summed E-state index contributed by atoms with van der Waals surface area (Å²) in [6, 6.07) is 64.5. The topological polar surface area (TPSA) is 179 Å². The Balaban J connectivity index is 0.985. The number of hydrogen-bond donors (Lipinski definition) is 0. The number of carbonyl (C=O) groups is 4. The van der Waals surface area contributed by atoms with E-state index >= 15 is 4.79 Å². The molecule has 0 aromatic heterocycles. The molecule has 4 aliphatic rings. The van der Waals surface area contributed by atoms with E-state index in [1.165, 1.54) is 0 Å². The molecule has 0 radical (unpaired) electrons. The van der Waals surface area contributed by atoms with E-state index < -0.39 is 110 Å². The van der Waals surface area contributed by atoms with Gasteiger partial charge in [-0.25, -0.2) is 19.2 Å². The van der Waals surface area contributed by atoms with Crippen LogP contribution in [-0.4, -0.2) is 110 Å². The molecule has 0 unspecified atom stereocenters. The van der Waals surface area contributed by atoms with E-state index in [1.54, 1.807) is 91.0 Å². The molecule has 7 aromatic rings. The number of esters is 4. The summed E-state index contributed by atoms with van der Waals surface area (Å²) in [6.07, 6.45) is -6.71. The molecule has 2 saturated carbocycles. The van der Waals surface area contributed by atoms with E-state index in [0.29, 0.717) is 19.3 Å². The standard InChI is InChI=1S/C78H86O16/c1-3-59-45-28-46-63(67(59)94-77-71(85-50-57-35-18-7-19-36-57)69(84-49-56-33-16-6-17-34-56)66(53(2)88-77)83-48-55-31-14-5-15-32-55)90-78-72(93-75(81)62-43-26-11-27-44-62)70(89-64(47-54-29-12-4-13-30-54)76(82)86-51-58-37-20-8-21-38-58)68(92-74(80)61-41-24-10-25-42-61)65(91-78)52-87-73(79)60-39-22-9-23-40-60/h5-11,14-27,31-44,53-54,59,63-72,77-78H,3-4,12-13,28-30,45-52H2,1-2H3/t53-,59+,63-,64+,65-,66+,67+,68+,69+,70+,71-,72-,77+,78+/m1/s1. The van der Waals surface area contributed by atoms with Crippen molar-refractivity contribution in [3.05, 3.63) is 251 Å². The number of benzene rings is 7. The molecule has 494 valence electrons. The molecule has 0 amide bonds. The first-order valence-electron chi connectivity index (χ1n) is 33.3. The molecule has 14 atom stereocenters. The second-order valence-electron chi connectivity index (χ2n) is 24.8. The highest BCUT2D eigenvalue weighted by Gasteiger charge is 2.56. The van der Waals surface area contributed by atoms with Crippen molar-refractivity contribution < 1.29 is 76.0 Å². The predicted molar refractivity (Wildman–Crippen MR) is 350 cm³/mol. The van der Waals surface area contributed by atoms with Crippen LogP contribution in [0.15, 0.2) is 212 Å². The highest BCUT2D eigenvalue weighted by molar-refractivity contribution is 5.90. The fourth-order valence-corrected chi connectivity index (χ4v) is 13.1. The lowest BCUT2D eigenvalue weighted by Gasteiger charge is -2.49. The summed E-state index contributed by atoms with van der Waals surface area (Å²) in [5.74, 6) is -2.96. The van der Waals surface area contributed by atoms with Crippen LogP contribution in [0.1, 0.15) is 131 Å². The lowest BCUT2D eigenvalue weighted by Crippen LogP contribution is -2.65. The van der Waals surface area contributed by atoms with Crippen LogP contribution in [0, 0.1) is 11.8 Å². The van der Waals surface area contributed by atoms with Crippen molar-refractivity contribution in [3.8, 4) is 0 Å². The maximum Gasteiger partial charge on any atom is 0.338 e. The number of hydrogen-bond acceptors (Lipinski definition) is 16. The minimum absolute atomic E-state index is 0.0504. The van der Waals surface area contributed by atoms with E-state index in [-0.39, 0.29) is 61.4 Å². The Morgan fingerprint density at radius 2 is 0.883 bits per heavy atom. The smallest absolute Gasteiger partial charge is 0.338 e. The molecule has 94 heavy (non-hydrogen) atoms. The van der Waals surface area contributed by atoms with Gasteiger partial charge in [0.1, 0.15) is 43.7 Å². The van der Waals surface area contributed by atoms with E-state index in [0.717, 1.165) is 60.8 Å². The molecule has 2 aliphatic carbocycles. The molecule has 0 N–H and O–H groups in total. The number of ether oxygens (including phenoxy) is 12. The Morgan fingerprint density at radius 1 is 0.426 bits per heavy atom. The first kappa shape index (κ1) is 67.5. The maximum absolute atomic E-state index is 15.0. The van der Waals surface area contributed by atoms with Crippen molar-refractivity contribution in [2.75, 3.05) is 6.61 Å². The second-order valence-corrected chi connectivity index (χ2v) is 24.8. The molecule has 16 heteroatoms. The van der Waals surface area contributed by atoms with Crippen LogP contribution in [-0.2, 0) is 88.1 Å². The van der Waals surface area contributed by atoms with Gasteiger partial charge in [-0.05, 0) is 96.7 Å². The molecule has 0 bridgehead atoms. The van der Waals surface area contributed by atoms with Gasteiger partial charge in [0.2, 0.25) is 0 Å². The van der Waals surface area contributed by atoms with Gasteiger partial charge in [0.25, 0.3) is 0 Å². The molecular formula is C78H86O16. The minimum Gasteiger partial charge on any atom is -0.459 e. The van der Waals surface area contributed by atoms with Crippen LogP contribution in [0.25, 0.3) is 0 Å². The van der Waals surface area contributed by atoms with Crippen LogP contribution < -0.4 is 0 Å². The molecule has 2 heterocycles. The van der Waals surface area contributed by atoms with Crippen molar-refractivity contribution in [2.24, 2.45) is 11.8 Å². The van der Waals surface area contributed by atoms with Gasteiger partial charge in [0.05, 0.1) is 54.8 Å². The SMILES string of the molecule is CC[C@H]1CCC[C@@H](O[C@H]2O[C@H](COC(=O)c3ccccc3)[C@H](OC(=O)c3ccccc3)[C@H](O[C@@H](CC3CCCCC3)C(=O)OCc3ccccc3)[C@H]2OC(=O)c2ccccc2)[C@H]1O[C@@H]1O[C@H](C)[C@H](OCc2ccccc2)[C@H](OCc2ccccc2)[C@H]1OCc1ccccc1. The van der Waals surface area contributed by atoms with Gasteiger partial charge in [-0.2, -0.15) is 0 Å². The predicted octanol–water partition coefficient (Wildman–Crippen LogP) is 14.0. The largest absolute Gasteiger partial charge is 0.459 e. The Kier molecular flexibility index (Phi) is 24.8. The van der Waals surface area contributed by atoms with Crippen molar-refractivity contribution >= 4 is 23.9 Å². The van der Waals surface area contributed by atoms with Crippen LogP contribution in [0.4, 0.5) is 0 Å². The Bertz CT molecular complexity index is 3400. The fourth-order valence-electron chi connectivity index (χ4n) is 13.1. The Labute approximate surface area is 551 Å². The van der Waals surface area contributed by atoms with Gasteiger partial charge < -0.3 is 56.8 Å². The molecule has 7 aromatic carbocycles. The van der Waals surface area contributed by atoms with Gasteiger partial charge >= 0.3 is 23.9 Å². The number of rotatable bonds is 28. The maximum atomic E-state index is 15.0. The van der Waals surface area contributed by atoms with Gasteiger partial charge in [0, 0.05) is 0 Å². The van der Waals surface area contributed by atoms with Crippen LogP contribution in [0.5, 0.6) is 0 Å². The van der Waals surface area contributed by atoms with Crippen LogP contribution in [0.2, 0.25) is 0 Å². The van der Waals surface area contributed by atoms with Crippen molar-refractivity contribution in [2.45, 2.75) is 184 Å². The number of carbonyl (C=O) groups excluding carboxylic acids is 4. The lowest BCUT2D eigenvalue weighted by atomic mass is 9.82. The van der Waals surface area contributed by atoms with Crippen LogP contribution in [0.3, 0.4) is 0 Å². The summed E-state index contributed by atoms with van der Waals surface area (Å²) in [5.41, 5.74) is 4.29. The van der Waals surface area contributed by atoms with E-state index in [2.05, 4.69) is 6.92 Å². The van der Waals surface area contributed by atoms with Crippen molar-refractivity contribution in [3.63, 3.8) is 0 Å². The summed E-state index contributed by atoms with van der Waals surface area (Å²) >= 11 is 0. The van der Waals surface area contributed by atoms with Gasteiger partial charge in [-0.3, -0.25) is 0 Å². The summed E-state index contributed by atoms with van der Waals surface area (Å²) in [7, 11) is 0. The molecule has 4 fully saturated rings. The first-order valence-corrected chi connectivity index (χ1v) is 33.3. The van der Waals surface area contributed by atoms with Crippen LogP contribution >= 0.6 is 0 Å². The third-order valence-corrected chi connectivity index (χ3v) is 18.2. The average Bonchev–Trinajstić information content (AvgIpc) is 0.802.